The molecule has 0 heterocycles. The zero-order valence-electron chi connectivity index (χ0n) is 9.90. The lowest BCUT2D eigenvalue weighted by atomic mass is 9.99. The third-order valence-electron chi connectivity index (χ3n) is 2.80. The summed E-state index contributed by atoms with van der Waals surface area (Å²) < 4.78 is 0.535. The first-order valence-corrected chi connectivity index (χ1v) is 6.30. The Morgan fingerprint density at radius 3 is 2.82 bits per heavy atom. The fourth-order valence-corrected chi connectivity index (χ4v) is 1.71. The number of anilines is 1. The zero-order chi connectivity index (χ0) is 13.0. The van der Waals surface area contributed by atoms with E-state index in [1.807, 2.05) is 13.8 Å². The molecule has 0 saturated carbocycles. The molecule has 1 aromatic carbocycles. The summed E-state index contributed by atoms with van der Waals surface area (Å²) in [6.07, 6.45) is 0.832. The Hall–Kier alpha value is -1.07. The van der Waals surface area contributed by atoms with Crippen molar-refractivity contribution in [3.63, 3.8) is 0 Å². The molecule has 0 aromatic heterocycles. The van der Waals surface area contributed by atoms with Crippen LogP contribution in [0.5, 0.6) is 5.75 Å². The van der Waals surface area contributed by atoms with Crippen molar-refractivity contribution in [2.45, 2.75) is 26.3 Å². The molecular weight excluding hydrogens is 284 g/mol. The van der Waals surface area contributed by atoms with Crippen LogP contribution in [0.4, 0.5) is 5.69 Å². The lowest BCUT2D eigenvalue weighted by Crippen LogP contribution is -2.40. The largest absolute Gasteiger partial charge is 0.505 e. The van der Waals surface area contributed by atoms with Crippen LogP contribution in [0.1, 0.15) is 20.3 Å². The maximum absolute atomic E-state index is 11.8. The second-order valence-electron chi connectivity index (χ2n) is 4.04. The van der Waals surface area contributed by atoms with E-state index in [-0.39, 0.29) is 17.6 Å². The molecule has 0 spiro atoms. The highest BCUT2D eigenvalue weighted by Gasteiger charge is 2.20. The first-order chi connectivity index (χ1) is 7.97. The number of carbonyl (C=O) groups excluding carboxylic acids is 1. The van der Waals surface area contributed by atoms with Crippen LogP contribution in [0.25, 0.3) is 0 Å². The molecule has 94 valence electrons. The van der Waals surface area contributed by atoms with Gasteiger partial charge >= 0.3 is 0 Å². The number of amides is 1. The molecule has 0 aliphatic carbocycles. The van der Waals surface area contributed by atoms with Crippen LogP contribution in [0.3, 0.4) is 0 Å². The molecule has 0 aliphatic rings. The Morgan fingerprint density at radius 1 is 1.59 bits per heavy atom. The Morgan fingerprint density at radius 2 is 2.24 bits per heavy atom. The van der Waals surface area contributed by atoms with Crippen LogP contribution in [-0.2, 0) is 4.79 Å². The number of nitrogens with one attached hydrogen (secondary N) is 1. The highest BCUT2D eigenvalue weighted by atomic mass is 79.9. The number of hydrogen-bond acceptors (Lipinski definition) is 3. The average molecular weight is 301 g/mol. The standard InChI is InChI=1S/C12H17BrN2O2/c1-3-7(2)10(14)12(17)15-9-6-4-5-8(13)11(9)16/h4-7,10,16H,3,14H2,1-2H3,(H,15,17)/t7-,10-/m0/s1. The van der Waals surface area contributed by atoms with Crippen molar-refractivity contribution in [2.75, 3.05) is 5.32 Å². The minimum absolute atomic E-state index is 0.0113. The van der Waals surface area contributed by atoms with Crippen molar-refractivity contribution in [1.82, 2.24) is 0 Å². The van der Waals surface area contributed by atoms with Gasteiger partial charge in [0.25, 0.3) is 0 Å². The third-order valence-corrected chi connectivity index (χ3v) is 3.44. The average Bonchev–Trinajstić information content (AvgIpc) is 2.32. The summed E-state index contributed by atoms with van der Waals surface area (Å²) in [5.41, 5.74) is 6.17. The van der Waals surface area contributed by atoms with E-state index in [0.29, 0.717) is 10.2 Å². The summed E-state index contributed by atoms with van der Waals surface area (Å²) >= 11 is 3.18. The third kappa shape index (κ3) is 3.44. The maximum atomic E-state index is 11.8. The van der Waals surface area contributed by atoms with Gasteiger partial charge in [0, 0.05) is 0 Å². The van der Waals surface area contributed by atoms with E-state index in [2.05, 4.69) is 21.2 Å². The normalized spacial score (nSPS) is 14.1. The topological polar surface area (TPSA) is 75.4 Å². The maximum Gasteiger partial charge on any atom is 0.241 e. The van der Waals surface area contributed by atoms with Gasteiger partial charge in [0.05, 0.1) is 16.2 Å². The predicted octanol–water partition coefficient (Wildman–Crippen LogP) is 2.47. The molecule has 4 N–H and O–H groups in total. The van der Waals surface area contributed by atoms with Crippen molar-refractivity contribution in [1.29, 1.82) is 0 Å². The van der Waals surface area contributed by atoms with Gasteiger partial charge < -0.3 is 16.2 Å². The van der Waals surface area contributed by atoms with Crippen molar-refractivity contribution in [3.05, 3.63) is 22.7 Å². The van der Waals surface area contributed by atoms with Gasteiger partial charge in [0.1, 0.15) is 0 Å². The molecule has 0 bridgehead atoms. The molecule has 1 rings (SSSR count). The molecule has 2 atom stereocenters. The Labute approximate surface area is 109 Å². The van der Waals surface area contributed by atoms with Gasteiger partial charge in [0.2, 0.25) is 5.91 Å². The number of aromatic hydroxyl groups is 1. The summed E-state index contributed by atoms with van der Waals surface area (Å²) in [5, 5.41) is 12.3. The van der Waals surface area contributed by atoms with Crippen LogP contribution < -0.4 is 11.1 Å². The minimum atomic E-state index is -0.571. The molecule has 4 nitrogen and oxygen atoms in total. The summed E-state index contributed by atoms with van der Waals surface area (Å²) in [6, 6.07) is 4.48. The number of para-hydroxylation sites is 1. The molecule has 5 heteroatoms. The minimum Gasteiger partial charge on any atom is -0.505 e. The SMILES string of the molecule is CC[C@H](C)[C@H](N)C(=O)Nc1cccc(Br)c1O. The number of phenolic OH excluding ortho intramolecular Hbond substituents is 1. The smallest absolute Gasteiger partial charge is 0.241 e. The van der Waals surface area contributed by atoms with E-state index in [0.717, 1.165) is 6.42 Å². The van der Waals surface area contributed by atoms with Gasteiger partial charge in [-0.25, -0.2) is 0 Å². The first kappa shape index (κ1) is 14.0. The summed E-state index contributed by atoms with van der Waals surface area (Å²) in [5.74, 6) is -0.172. The molecule has 0 radical (unpaired) electrons. The lowest BCUT2D eigenvalue weighted by Gasteiger charge is -2.18. The van der Waals surface area contributed by atoms with E-state index in [1.165, 1.54) is 0 Å². The van der Waals surface area contributed by atoms with E-state index in [1.54, 1.807) is 18.2 Å². The van der Waals surface area contributed by atoms with Crippen LogP contribution in [-0.4, -0.2) is 17.1 Å². The molecule has 0 unspecified atom stereocenters. The Balaban J connectivity index is 2.78. The number of carbonyl (C=O) groups is 1. The van der Waals surface area contributed by atoms with Crippen LogP contribution in [0.15, 0.2) is 22.7 Å². The quantitative estimate of drug-likeness (QED) is 0.748. The molecule has 0 saturated heterocycles. The Bertz CT molecular complexity index is 409. The number of hydrogen-bond donors (Lipinski definition) is 3. The van der Waals surface area contributed by atoms with E-state index >= 15 is 0 Å². The van der Waals surface area contributed by atoms with Crippen molar-refractivity contribution < 1.29 is 9.90 Å². The van der Waals surface area contributed by atoms with Crippen molar-refractivity contribution in [2.24, 2.45) is 11.7 Å². The highest BCUT2D eigenvalue weighted by molar-refractivity contribution is 9.10. The lowest BCUT2D eigenvalue weighted by molar-refractivity contribution is -0.118. The number of halogens is 1. The van der Waals surface area contributed by atoms with Crippen LogP contribution in [0, 0.1) is 5.92 Å². The molecular formula is C12H17BrN2O2. The number of nitrogens with two attached hydrogens (primary N) is 1. The van der Waals surface area contributed by atoms with Gasteiger partial charge in [-0.05, 0) is 34.0 Å². The summed E-state index contributed by atoms with van der Waals surface area (Å²) in [4.78, 5) is 11.8. The van der Waals surface area contributed by atoms with Gasteiger partial charge in [-0.3, -0.25) is 4.79 Å². The molecule has 0 fully saturated rings. The number of benzene rings is 1. The fourth-order valence-electron chi connectivity index (χ4n) is 1.34. The predicted molar refractivity (Wildman–Crippen MR) is 71.9 cm³/mol. The second-order valence-corrected chi connectivity index (χ2v) is 4.89. The van der Waals surface area contributed by atoms with Gasteiger partial charge in [-0.1, -0.05) is 26.3 Å². The zero-order valence-corrected chi connectivity index (χ0v) is 11.5. The number of rotatable bonds is 4. The Kier molecular flexibility index (Phi) is 4.96. The highest BCUT2D eigenvalue weighted by Crippen LogP contribution is 2.31. The monoisotopic (exact) mass is 300 g/mol. The van der Waals surface area contributed by atoms with E-state index in [4.69, 9.17) is 5.73 Å². The molecule has 17 heavy (non-hydrogen) atoms. The fraction of sp³-hybridized carbons (Fsp3) is 0.417. The summed E-state index contributed by atoms with van der Waals surface area (Å²) in [6.45, 7) is 3.90. The first-order valence-electron chi connectivity index (χ1n) is 5.51. The van der Waals surface area contributed by atoms with Gasteiger partial charge in [-0.15, -0.1) is 0 Å². The van der Waals surface area contributed by atoms with Crippen molar-refractivity contribution >= 4 is 27.5 Å². The second kappa shape index (κ2) is 6.02. The van der Waals surface area contributed by atoms with E-state index < -0.39 is 6.04 Å². The van der Waals surface area contributed by atoms with Crippen molar-refractivity contribution in [3.8, 4) is 5.75 Å². The molecule has 0 aliphatic heterocycles. The van der Waals surface area contributed by atoms with Gasteiger partial charge in [0.15, 0.2) is 5.75 Å². The van der Waals surface area contributed by atoms with Gasteiger partial charge in [-0.2, -0.15) is 0 Å². The summed E-state index contributed by atoms with van der Waals surface area (Å²) in [7, 11) is 0. The van der Waals surface area contributed by atoms with Crippen LogP contribution >= 0.6 is 15.9 Å². The van der Waals surface area contributed by atoms with E-state index in [9.17, 15) is 9.90 Å². The number of phenols is 1. The van der Waals surface area contributed by atoms with Crippen LogP contribution in [0.2, 0.25) is 0 Å². The molecule has 1 amide bonds. The molecule has 1 aromatic rings.